The van der Waals surface area contributed by atoms with Gasteiger partial charge in [-0.25, -0.2) is 9.37 Å². The van der Waals surface area contributed by atoms with Crippen molar-refractivity contribution in [3.63, 3.8) is 0 Å². The highest BCUT2D eigenvalue weighted by atomic mass is 19.1. The molecule has 0 aliphatic rings. The van der Waals surface area contributed by atoms with Crippen LogP contribution < -0.4 is 10.6 Å². The zero-order valence-electron chi connectivity index (χ0n) is 15.7. The second-order valence-electron chi connectivity index (χ2n) is 6.67. The quantitative estimate of drug-likeness (QED) is 0.735. The Bertz CT molecular complexity index is 984. The Morgan fingerprint density at radius 1 is 1.15 bits per heavy atom. The van der Waals surface area contributed by atoms with Crippen molar-refractivity contribution in [2.24, 2.45) is 0 Å². The van der Waals surface area contributed by atoms with Crippen molar-refractivity contribution in [1.82, 2.24) is 9.38 Å². The van der Waals surface area contributed by atoms with E-state index in [1.807, 2.05) is 44.4 Å². The van der Waals surface area contributed by atoms with Gasteiger partial charge in [0.2, 0.25) is 5.91 Å². The maximum absolute atomic E-state index is 13.5. The van der Waals surface area contributed by atoms with Crippen LogP contribution >= 0.6 is 0 Å². The second-order valence-corrected chi connectivity index (χ2v) is 6.67. The number of anilines is 2. The van der Waals surface area contributed by atoms with E-state index < -0.39 is 0 Å². The molecule has 2 heterocycles. The molecule has 0 unspecified atom stereocenters. The van der Waals surface area contributed by atoms with Gasteiger partial charge >= 0.3 is 0 Å². The summed E-state index contributed by atoms with van der Waals surface area (Å²) >= 11 is 0. The molecule has 26 heavy (non-hydrogen) atoms. The fourth-order valence-electron chi connectivity index (χ4n) is 3.18. The summed E-state index contributed by atoms with van der Waals surface area (Å²) in [6, 6.07) is 4.95. The SMILES string of the molecule is CC(=O)Nc1cc(NCc2c(C)cc(F)cc2C)c2nc(C)c(C)n2c1. The molecule has 0 spiro atoms. The van der Waals surface area contributed by atoms with Crippen molar-refractivity contribution in [1.29, 1.82) is 0 Å². The molecule has 1 amide bonds. The van der Waals surface area contributed by atoms with E-state index in [1.54, 1.807) is 0 Å². The Kier molecular flexibility index (Phi) is 4.68. The van der Waals surface area contributed by atoms with Crippen molar-refractivity contribution in [3.05, 3.63) is 58.3 Å². The van der Waals surface area contributed by atoms with E-state index in [4.69, 9.17) is 0 Å². The van der Waals surface area contributed by atoms with Crippen LogP contribution in [0.25, 0.3) is 5.65 Å². The van der Waals surface area contributed by atoms with E-state index >= 15 is 0 Å². The van der Waals surface area contributed by atoms with Gasteiger partial charge in [0, 0.05) is 25.4 Å². The number of carbonyl (C=O) groups is 1. The minimum atomic E-state index is -0.224. The van der Waals surface area contributed by atoms with Gasteiger partial charge in [-0.1, -0.05) is 0 Å². The van der Waals surface area contributed by atoms with Crippen LogP contribution in [-0.2, 0) is 11.3 Å². The third-order valence-corrected chi connectivity index (χ3v) is 4.63. The number of fused-ring (bicyclic) bond motifs is 1. The average molecular weight is 354 g/mol. The lowest BCUT2D eigenvalue weighted by atomic mass is 10.0. The summed E-state index contributed by atoms with van der Waals surface area (Å²) < 4.78 is 15.5. The topological polar surface area (TPSA) is 58.4 Å². The normalized spacial score (nSPS) is 11.0. The molecule has 136 valence electrons. The summed E-state index contributed by atoms with van der Waals surface area (Å²) in [7, 11) is 0. The van der Waals surface area contributed by atoms with Crippen molar-refractivity contribution in [2.75, 3.05) is 10.6 Å². The van der Waals surface area contributed by atoms with E-state index in [1.165, 1.54) is 19.1 Å². The summed E-state index contributed by atoms with van der Waals surface area (Å²) in [5.74, 6) is -0.353. The lowest BCUT2D eigenvalue weighted by molar-refractivity contribution is -0.114. The van der Waals surface area contributed by atoms with E-state index in [9.17, 15) is 9.18 Å². The van der Waals surface area contributed by atoms with Crippen molar-refractivity contribution < 1.29 is 9.18 Å². The van der Waals surface area contributed by atoms with E-state index in [0.29, 0.717) is 12.2 Å². The summed E-state index contributed by atoms with van der Waals surface area (Å²) in [6.45, 7) is 9.78. The molecule has 0 saturated heterocycles. The highest BCUT2D eigenvalue weighted by Crippen LogP contribution is 2.26. The van der Waals surface area contributed by atoms with Gasteiger partial charge in [-0.15, -0.1) is 0 Å². The van der Waals surface area contributed by atoms with Crippen LogP contribution in [0.5, 0.6) is 0 Å². The minimum Gasteiger partial charge on any atom is -0.378 e. The van der Waals surface area contributed by atoms with Crippen LogP contribution in [0.3, 0.4) is 0 Å². The number of imidazole rings is 1. The predicted molar refractivity (Wildman–Crippen MR) is 102 cm³/mol. The second kappa shape index (κ2) is 6.78. The van der Waals surface area contributed by atoms with E-state index in [0.717, 1.165) is 39.4 Å². The van der Waals surface area contributed by atoms with Gasteiger partial charge in [-0.3, -0.25) is 4.79 Å². The molecule has 3 aromatic rings. The minimum absolute atomic E-state index is 0.130. The van der Waals surface area contributed by atoms with Gasteiger partial charge in [0.25, 0.3) is 0 Å². The predicted octanol–water partition coefficient (Wildman–Crippen LogP) is 4.28. The van der Waals surface area contributed by atoms with Gasteiger partial charge < -0.3 is 15.0 Å². The molecular formula is C20H23FN4O. The number of nitrogens with zero attached hydrogens (tertiary/aromatic N) is 2. The average Bonchev–Trinajstić information content (AvgIpc) is 2.81. The number of hydrogen-bond donors (Lipinski definition) is 2. The summed E-state index contributed by atoms with van der Waals surface area (Å²) in [5, 5.41) is 6.23. The molecule has 0 bridgehead atoms. The van der Waals surface area contributed by atoms with Gasteiger partial charge in [0.15, 0.2) is 5.65 Å². The van der Waals surface area contributed by atoms with Crippen LogP contribution in [0.4, 0.5) is 15.8 Å². The Balaban J connectivity index is 2.01. The molecule has 2 aromatic heterocycles. The standard InChI is InChI=1S/C20H23FN4O/c1-11-6-16(21)7-12(2)18(11)9-22-19-8-17(24-15(5)26)10-25-14(4)13(3)23-20(19)25/h6-8,10,22H,9H2,1-5H3,(H,24,26). The molecule has 0 radical (unpaired) electrons. The molecule has 0 saturated carbocycles. The maximum Gasteiger partial charge on any atom is 0.221 e. The number of aromatic nitrogens is 2. The van der Waals surface area contributed by atoms with Crippen LogP contribution in [0, 0.1) is 33.5 Å². The fraction of sp³-hybridized carbons (Fsp3) is 0.300. The molecule has 0 atom stereocenters. The number of rotatable bonds is 4. The van der Waals surface area contributed by atoms with Crippen molar-refractivity contribution in [2.45, 2.75) is 41.2 Å². The lowest BCUT2D eigenvalue weighted by Gasteiger charge is -2.14. The number of carbonyl (C=O) groups excluding carboxylic acids is 1. The van der Waals surface area contributed by atoms with Crippen LogP contribution in [0.15, 0.2) is 24.4 Å². The summed E-state index contributed by atoms with van der Waals surface area (Å²) in [5.41, 5.74) is 7.11. The number of benzene rings is 1. The Morgan fingerprint density at radius 3 is 2.42 bits per heavy atom. The molecule has 6 heteroatoms. The number of hydrogen-bond acceptors (Lipinski definition) is 3. The monoisotopic (exact) mass is 354 g/mol. The van der Waals surface area contributed by atoms with Crippen LogP contribution in [-0.4, -0.2) is 15.3 Å². The zero-order valence-corrected chi connectivity index (χ0v) is 15.7. The van der Waals surface area contributed by atoms with Gasteiger partial charge in [-0.2, -0.15) is 0 Å². The number of pyridine rings is 1. The smallest absolute Gasteiger partial charge is 0.221 e. The Morgan fingerprint density at radius 2 is 1.81 bits per heavy atom. The first-order valence-electron chi connectivity index (χ1n) is 8.52. The molecule has 0 fully saturated rings. The zero-order chi connectivity index (χ0) is 19.0. The molecule has 5 nitrogen and oxygen atoms in total. The van der Waals surface area contributed by atoms with Gasteiger partial charge in [-0.05, 0) is 62.6 Å². The molecule has 0 aliphatic carbocycles. The number of aryl methyl sites for hydroxylation is 4. The van der Waals surface area contributed by atoms with Crippen LogP contribution in [0.1, 0.15) is 35.0 Å². The largest absolute Gasteiger partial charge is 0.378 e. The maximum atomic E-state index is 13.5. The van der Waals surface area contributed by atoms with E-state index in [2.05, 4.69) is 15.6 Å². The van der Waals surface area contributed by atoms with Gasteiger partial charge in [0.1, 0.15) is 5.82 Å². The third kappa shape index (κ3) is 3.40. The highest BCUT2D eigenvalue weighted by Gasteiger charge is 2.13. The van der Waals surface area contributed by atoms with Crippen LogP contribution in [0.2, 0.25) is 0 Å². The molecule has 2 N–H and O–H groups in total. The molecular weight excluding hydrogens is 331 g/mol. The van der Waals surface area contributed by atoms with Crippen molar-refractivity contribution in [3.8, 4) is 0 Å². The highest BCUT2D eigenvalue weighted by molar-refractivity contribution is 5.90. The number of amides is 1. The molecule has 0 aliphatic heterocycles. The Labute approximate surface area is 152 Å². The van der Waals surface area contributed by atoms with Gasteiger partial charge in [0.05, 0.1) is 17.1 Å². The lowest BCUT2D eigenvalue weighted by Crippen LogP contribution is -2.09. The summed E-state index contributed by atoms with van der Waals surface area (Å²) in [4.78, 5) is 16.1. The summed E-state index contributed by atoms with van der Waals surface area (Å²) in [6.07, 6.45) is 1.87. The first-order chi connectivity index (χ1) is 12.3. The first-order valence-corrected chi connectivity index (χ1v) is 8.52. The molecule has 1 aromatic carbocycles. The number of nitrogens with one attached hydrogen (secondary N) is 2. The molecule has 3 rings (SSSR count). The number of halogens is 1. The third-order valence-electron chi connectivity index (χ3n) is 4.63. The van der Waals surface area contributed by atoms with E-state index in [-0.39, 0.29) is 11.7 Å². The first kappa shape index (κ1) is 17.9. The van der Waals surface area contributed by atoms with Crippen molar-refractivity contribution >= 4 is 22.9 Å². The fourth-order valence-corrected chi connectivity index (χ4v) is 3.18. The Hall–Kier alpha value is -2.89.